The van der Waals surface area contributed by atoms with Crippen molar-refractivity contribution in [1.29, 1.82) is 0 Å². The Hall–Kier alpha value is -0.610. The fraction of sp³-hybridized carbons (Fsp3) is 0.857. The first-order valence-corrected chi connectivity index (χ1v) is 3.68. The quantitative estimate of drug-likeness (QED) is 0.526. The Labute approximate surface area is 65.9 Å². The molecule has 0 aromatic heterocycles. The molecule has 0 amide bonds. The van der Waals surface area contributed by atoms with Gasteiger partial charge in [0.2, 0.25) is 0 Å². The number of hydrogen-bond donors (Lipinski definition) is 1. The zero-order chi connectivity index (χ0) is 8.27. The summed E-state index contributed by atoms with van der Waals surface area (Å²) in [5.74, 6) is -0.302. The number of carbonyl (C=O) groups is 1. The fourth-order valence-corrected chi connectivity index (χ4v) is 1.06. The average molecular weight is 159 g/mol. The number of morpholine rings is 1. The molecule has 1 rings (SSSR count). The monoisotopic (exact) mass is 159 g/mol. The fourth-order valence-electron chi connectivity index (χ4n) is 1.06. The van der Waals surface area contributed by atoms with E-state index in [0.717, 1.165) is 6.54 Å². The smallest absolute Gasteiger partial charge is 0.336 e. The first-order valence-electron chi connectivity index (χ1n) is 3.68. The van der Waals surface area contributed by atoms with Crippen LogP contribution < -0.4 is 5.32 Å². The molecule has 2 atom stereocenters. The summed E-state index contributed by atoms with van der Waals surface area (Å²) in [6, 6.07) is 0. The van der Waals surface area contributed by atoms with Gasteiger partial charge in [0.05, 0.1) is 13.2 Å². The van der Waals surface area contributed by atoms with Gasteiger partial charge in [-0.25, -0.2) is 4.79 Å². The zero-order valence-corrected chi connectivity index (χ0v) is 6.79. The van der Waals surface area contributed by atoms with Crippen LogP contribution in [0.25, 0.3) is 0 Å². The summed E-state index contributed by atoms with van der Waals surface area (Å²) < 4.78 is 9.84. The van der Waals surface area contributed by atoms with E-state index in [1.54, 1.807) is 0 Å². The van der Waals surface area contributed by atoms with Gasteiger partial charge in [0.15, 0.2) is 6.10 Å². The molecule has 4 nitrogen and oxygen atoms in total. The summed E-state index contributed by atoms with van der Waals surface area (Å²) in [5, 5.41) is 3.07. The van der Waals surface area contributed by atoms with E-state index in [1.807, 2.05) is 6.92 Å². The maximum atomic E-state index is 10.9. The number of methoxy groups -OCH3 is 1. The van der Waals surface area contributed by atoms with E-state index in [-0.39, 0.29) is 12.1 Å². The molecule has 0 saturated carbocycles. The van der Waals surface area contributed by atoms with Crippen LogP contribution in [-0.4, -0.2) is 38.4 Å². The van der Waals surface area contributed by atoms with Gasteiger partial charge in [-0.1, -0.05) is 0 Å². The van der Waals surface area contributed by atoms with Gasteiger partial charge >= 0.3 is 5.97 Å². The Morgan fingerprint density at radius 3 is 2.91 bits per heavy atom. The van der Waals surface area contributed by atoms with Crippen LogP contribution in [0, 0.1) is 0 Å². The topological polar surface area (TPSA) is 47.6 Å². The van der Waals surface area contributed by atoms with Crippen LogP contribution in [-0.2, 0) is 14.3 Å². The first kappa shape index (κ1) is 8.49. The van der Waals surface area contributed by atoms with E-state index < -0.39 is 6.10 Å². The SMILES string of the molecule is COC(=O)[C@@H]1CNC[C@@H](C)O1. The van der Waals surface area contributed by atoms with Crippen molar-refractivity contribution in [1.82, 2.24) is 5.32 Å². The molecule has 1 aliphatic rings. The van der Waals surface area contributed by atoms with Crippen LogP contribution >= 0.6 is 0 Å². The Bertz CT molecular complexity index is 149. The Morgan fingerprint density at radius 1 is 1.64 bits per heavy atom. The number of hydrogen-bond acceptors (Lipinski definition) is 4. The molecule has 1 fully saturated rings. The lowest BCUT2D eigenvalue weighted by Gasteiger charge is -2.26. The lowest BCUT2D eigenvalue weighted by Crippen LogP contribution is -2.47. The molecule has 0 aromatic carbocycles. The van der Waals surface area contributed by atoms with Crippen molar-refractivity contribution in [2.75, 3.05) is 20.2 Å². The predicted molar refractivity (Wildman–Crippen MR) is 39.2 cm³/mol. The van der Waals surface area contributed by atoms with Gasteiger partial charge in [-0.05, 0) is 6.92 Å². The molecular weight excluding hydrogens is 146 g/mol. The molecule has 1 saturated heterocycles. The lowest BCUT2D eigenvalue weighted by molar-refractivity contribution is -0.159. The number of esters is 1. The Balaban J connectivity index is 2.39. The van der Waals surface area contributed by atoms with Gasteiger partial charge in [-0.2, -0.15) is 0 Å². The van der Waals surface area contributed by atoms with Gasteiger partial charge in [0.1, 0.15) is 0 Å². The minimum atomic E-state index is -0.427. The van der Waals surface area contributed by atoms with E-state index in [0.29, 0.717) is 6.54 Å². The summed E-state index contributed by atoms with van der Waals surface area (Å²) in [5.41, 5.74) is 0. The summed E-state index contributed by atoms with van der Waals surface area (Å²) in [4.78, 5) is 10.9. The average Bonchev–Trinajstić information content (AvgIpc) is 2.03. The number of nitrogens with one attached hydrogen (secondary N) is 1. The number of ether oxygens (including phenoxy) is 2. The highest BCUT2D eigenvalue weighted by atomic mass is 16.6. The minimum Gasteiger partial charge on any atom is -0.467 e. The molecule has 0 unspecified atom stereocenters. The van der Waals surface area contributed by atoms with Crippen molar-refractivity contribution in [3.05, 3.63) is 0 Å². The normalized spacial score (nSPS) is 31.5. The van der Waals surface area contributed by atoms with E-state index in [4.69, 9.17) is 4.74 Å². The molecule has 0 aromatic rings. The standard InChI is InChI=1S/C7H13NO3/c1-5-3-8-4-6(11-5)7(9)10-2/h5-6,8H,3-4H2,1-2H3/t5-,6+/m1/s1. The molecule has 1 heterocycles. The molecule has 0 spiro atoms. The minimum absolute atomic E-state index is 0.0906. The van der Waals surface area contributed by atoms with Crippen LogP contribution in [0.1, 0.15) is 6.92 Å². The second kappa shape index (κ2) is 3.69. The van der Waals surface area contributed by atoms with Crippen molar-refractivity contribution in [3.63, 3.8) is 0 Å². The molecule has 4 heteroatoms. The van der Waals surface area contributed by atoms with Crippen LogP contribution in [0.4, 0.5) is 0 Å². The molecular formula is C7H13NO3. The third-order valence-corrected chi connectivity index (χ3v) is 1.62. The second-order valence-electron chi connectivity index (χ2n) is 2.62. The van der Waals surface area contributed by atoms with Gasteiger partial charge in [-0.3, -0.25) is 0 Å². The maximum Gasteiger partial charge on any atom is 0.336 e. The zero-order valence-electron chi connectivity index (χ0n) is 6.79. The van der Waals surface area contributed by atoms with Gasteiger partial charge in [0, 0.05) is 13.1 Å². The Morgan fingerprint density at radius 2 is 2.36 bits per heavy atom. The van der Waals surface area contributed by atoms with Crippen LogP contribution in [0.5, 0.6) is 0 Å². The van der Waals surface area contributed by atoms with E-state index >= 15 is 0 Å². The highest BCUT2D eigenvalue weighted by Crippen LogP contribution is 2.03. The maximum absolute atomic E-state index is 10.9. The van der Waals surface area contributed by atoms with E-state index in [2.05, 4.69) is 10.1 Å². The lowest BCUT2D eigenvalue weighted by atomic mass is 10.2. The highest BCUT2D eigenvalue weighted by Gasteiger charge is 2.25. The summed E-state index contributed by atoms with van der Waals surface area (Å²) in [6.07, 6.45) is -0.336. The molecule has 1 N–H and O–H groups in total. The third kappa shape index (κ3) is 2.17. The molecule has 0 bridgehead atoms. The summed E-state index contributed by atoms with van der Waals surface area (Å²) in [7, 11) is 1.37. The molecule has 1 aliphatic heterocycles. The van der Waals surface area contributed by atoms with Crippen molar-refractivity contribution < 1.29 is 14.3 Å². The Kier molecular flexibility index (Phi) is 2.84. The van der Waals surface area contributed by atoms with Crippen LogP contribution in [0.15, 0.2) is 0 Å². The number of rotatable bonds is 1. The van der Waals surface area contributed by atoms with Gasteiger partial charge < -0.3 is 14.8 Å². The second-order valence-corrected chi connectivity index (χ2v) is 2.62. The van der Waals surface area contributed by atoms with Gasteiger partial charge in [-0.15, -0.1) is 0 Å². The third-order valence-electron chi connectivity index (χ3n) is 1.62. The van der Waals surface area contributed by atoms with Crippen molar-refractivity contribution in [2.45, 2.75) is 19.1 Å². The first-order chi connectivity index (χ1) is 5.24. The van der Waals surface area contributed by atoms with Crippen LogP contribution in [0.2, 0.25) is 0 Å². The van der Waals surface area contributed by atoms with Gasteiger partial charge in [0.25, 0.3) is 0 Å². The molecule has 64 valence electrons. The number of carbonyl (C=O) groups excluding carboxylic acids is 1. The van der Waals surface area contributed by atoms with Crippen molar-refractivity contribution >= 4 is 5.97 Å². The van der Waals surface area contributed by atoms with Crippen LogP contribution in [0.3, 0.4) is 0 Å². The highest BCUT2D eigenvalue weighted by molar-refractivity contribution is 5.74. The summed E-state index contributed by atoms with van der Waals surface area (Å²) >= 11 is 0. The van der Waals surface area contributed by atoms with Crippen molar-refractivity contribution in [3.8, 4) is 0 Å². The van der Waals surface area contributed by atoms with Crippen molar-refractivity contribution in [2.24, 2.45) is 0 Å². The molecule has 0 aliphatic carbocycles. The molecule has 0 radical (unpaired) electrons. The largest absolute Gasteiger partial charge is 0.467 e. The predicted octanol–water partition coefficient (Wildman–Crippen LogP) is -0.464. The van der Waals surface area contributed by atoms with E-state index in [9.17, 15) is 4.79 Å². The summed E-state index contributed by atoms with van der Waals surface area (Å²) in [6.45, 7) is 3.27. The van der Waals surface area contributed by atoms with E-state index in [1.165, 1.54) is 7.11 Å². The molecule has 11 heavy (non-hydrogen) atoms.